The first-order valence-electron chi connectivity index (χ1n) is 9.20. The molecule has 0 saturated heterocycles. The highest BCUT2D eigenvalue weighted by Gasteiger charge is 2.56. The molecule has 5 rings (SSSR count). The van der Waals surface area contributed by atoms with Gasteiger partial charge < -0.3 is 9.88 Å². The summed E-state index contributed by atoms with van der Waals surface area (Å²) in [6.45, 7) is 0.742. The maximum absolute atomic E-state index is 12.6. The monoisotopic (exact) mass is 343 g/mol. The summed E-state index contributed by atoms with van der Waals surface area (Å²) in [5.74, 6) is 1.20. The number of hydrogen-bond donors (Lipinski definition) is 1. The molecule has 2 aliphatic carbocycles. The number of fused-ring (bicyclic) bond motifs is 3. The summed E-state index contributed by atoms with van der Waals surface area (Å²) in [6.07, 6.45) is 5.07. The lowest BCUT2D eigenvalue weighted by Gasteiger charge is -2.11. The van der Waals surface area contributed by atoms with Gasteiger partial charge in [0.05, 0.1) is 12.7 Å². The molecule has 0 aliphatic heterocycles. The van der Waals surface area contributed by atoms with Crippen molar-refractivity contribution in [1.82, 2.24) is 14.9 Å². The molecule has 0 spiro atoms. The van der Waals surface area contributed by atoms with Gasteiger partial charge in [0.1, 0.15) is 0 Å². The Labute approximate surface area is 152 Å². The molecule has 1 heterocycles. The van der Waals surface area contributed by atoms with Crippen LogP contribution in [0.25, 0.3) is 0 Å². The van der Waals surface area contributed by atoms with Crippen molar-refractivity contribution >= 4 is 5.91 Å². The molecular formula is C22H21N3O. The summed E-state index contributed by atoms with van der Waals surface area (Å²) in [5, 5.41) is 3.25. The summed E-state index contributed by atoms with van der Waals surface area (Å²) in [6, 6.07) is 19.2. The van der Waals surface area contributed by atoms with Crippen LogP contribution in [0.4, 0.5) is 0 Å². The fourth-order valence-corrected chi connectivity index (χ4v) is 4.37. The Morgan fingerprint density at radius 1 is 1.12 bits per heavy atom. The van der Waals surface area contributed by atoms with E-state index in [0.29, 0.717) is 24.3 Å². The zero-order valence-electron chi connectivity index (χ0n) is 14.5. The summed E-state index contributed by atoms with van der Waals surface area (Å²) >= 11 is 0. The Balaban J connectivity index is 1.22. The average Bonchev–Trinajstić information content (AvgIpc) is 2.99. The molecule has 2 aromatic carbocycles. The number of aromatic nitrogens is 2. The summed E-state index contributed by atoms with van der Waals surface area (Å²) in [5.41, 5.74) is 5.05. The number of nitrogens with one attached hydrogen (secondary N) is 1. The number of amides is 1. The average molecular weight is 343 g/mol. The third kappa shape index (κ3) is 2.71. The SMILES string of the molecule is O=C(Cc1cncn1Cc1ccccc1)N[C@@H]1[C@@H]2Cc3ccccc3[C@@H]21. The Bertz CT molecular complexity index is 947. The van der Waals surface area contributed by atoms with Crippen LogP contribution in [0.1, 0.15) is 28.3 Å². The molecule has 4 heteroatoms. The number of benzene rings is 2. The Morgan fingerprint density at radius 2 is 1.92 bits per heavy atom. The van der Waals surface area contributed by atoms with Crippen LogP contribution in [-0.2, 0) is 24.2 Å². The number of carbonyl (C=O) groups excluding carboxylic acids is 1. The lowest BCUT2D eigenvalue weighted by molar-refractivity contribution is -0.120. The summed E-state index contributed by atoms with van der Waals surface area (Å²) in [4.78, 5) is 16.8. The van der Waals surface area contributed by atoms with Crippen molar-refractivity contribution in [2.45, 2.75) is 31.3 Å². The Morgan fingerprint density at radius 3 is 2.81 bits per heavy atom. The zero-order chi connectivity index (χ0) is 17.5. The molecule has 26 heavy (non-hydrogen) atoms. The first-order chi connectivity index (χ1) is 12.8. The van der Waals surface area contributed by atoms with Gasteiger partial charge in [-0.15, -0.1) is 0 Å². The van der Waals surface area contributed by atoms with Crippen LogP contribution in [0.15, 0.2) is 67.1 Å². The standard InChI is InChI=1S/C22H21N3O/c26-20(24-22-19-10-16-8-4-5-9-18(16)21(19)22)11-17-12-23-14-25(17)13-15-6-2-1-3-7-15/h1-9,12,14,19,21-22H,10-11,13H2,(H,24,26)/t19-,21+,22-/m1/s1. The minimum atomic E-state index is 0.0942. The van der Waals surface area contributed by atoms with E-state index >= 15 is 0 Å². The number of rotatable bonds is 5. The zero-order valence-corrected chi connectivity index (χ0v) is 14.5. The third-order valence-corrected chi connectivity index (χ3v) is 5.70. The van der Waals surface area contributed by atoms with Gasteiger partial charge in [0.2, 0.25) is 5.91 Å². The molecule has 1 amide bonds. The molecule has 1 N–H and O–H groups in total. The highest BCUT2D eigenvalue weighted by Crippen LogP contribution is 2.56. The minimum absolute atomic E-state index is 0.0942. The van der Waals surface area contributed by atoms with E-state index in [9.17, 15) is 4.79 Å². The Kier molecular flexibility index (Phi) is 3.63. The number of carbonyl (C=O) groups is 1. The molecule has 1 aromatic heterocycles. The van der Waals surface area contributed by atoms with E-state index in [1.165, 1.54) is 16.7 Å². The molecule has 3 atom stereocenters. The van der Waals surface area contributed by atoms with Gasteiger partial charge in [0.25, 0.3) is 0 Å². The Hall–Kier alpha value is -2.88. The van der Waals surface area contributed by atoms with E-state index in [1.54, 1.807) is 12.5 Å². The van der Waals surface area contributed by atoms with E-state index in [1.807, 2.05) is 18.2 Å². The molecule has 0 unspecified atom stereocenters. The van der Waals surface area contributed by atoms with Gasteiger partial charge in [-0.05, 0) is 29.0 Å². The van der Waals surface area contributed by atoms with Crippen molar-refractivity contribution in [3.8, 4) is 0 Å². The molecule has 0 radical (unpaired) electrons. The number of nitrogens with zero attached hydrogens (tertiary/aromatic N) is 2. The van der Waals surface area contributed by atoms with E-state index in [-0.39, 0.29) is 5.91 Å². The van der Waals surface area contributed by atoms with Crippen LogP contribution in [0.2, 0.25) is 0 Å². The third-order valence-electron chi connectivity index (χ3n) is 5.70. The van der Waals surface area contributed by atoms with Crippen LogP contribution in [0.5, 0.6) is 0 Å². The van der Waals surface area contributed by atoms with Crippen molar-refractivity contribution in [1.29, 1.82) is 0 Å². The maximum Gasteiger partial charge on any atom is 0.226 e. The fraction of sp³-hybridized carbons (Fsp3) is 0.273. The highest BCUT2D eigenvalue weighted by molar-refractivity contribution is 5.79. The van der Waals surface area contributed by atoms with Crippen molar-refractivity contribution < 1.29 is 4.79 Å². The second-order valence-corrected chi connectivity index (χ2v) is 7.36. The van der Waals surface area contributed by atoms with E-state index < -0.39 is 0 Å². The first kappa shape index (κ1) is 15.4. The predicted octanol–water partition coefficient (Wildman–Crippen LogP) is 2.93. The largest absolute Gasteiger partial charge is 0.352 e. The molecule has 130 valence electrons. The quantitative estimate of drug-likeness (QED) is 0.774. The van der Waals surface area contributed by atoms with Crippen LogP contribution in [0, 0.1) is 5.92 Å². The predicted molar refractivity (Wildman–Crippen MR) is 99.8 cm³/mol. The molecule has 0 bridgehead atoms. The fourth-order valence-electron chi connectivity index (χ4n) is 4.37. The minimum Gasteiger partial charge on any atom is -0.352 e. The molecule has 1 fully saturated rings. The van der Waals surface area contributed by atoms with Crippen LogP contribution in [-0.4, -0.2) is 21.5 Å². The van der Waals surface area contributed by atoms with Crippen molar-refractivity contribution in [2.24, 2.45) is 5.92 Å². The van der Waals surface area contributed by atoms with Gasteiger partial charge in [-0.3, -0.25) is 4.79 Å². The smallest absolute Gasteiger partial charge is 0.226 e. The lowest BCUT2D eigenvalue weighted by atomic mass is 10.1. The molecule has 1 saturated carbocycles. The summed E-state index contributed by atoms with van der Waals surface area (Å²) in [7, 11) is 0. The van der Waals surface area contributed by atoms with Gasteiger partial charge in [-0.25, -0.2) is 4.98 Å². The van der Waals surface area contributed by atoms with Gasteiger partial charge in [0, 0.05) is 30.4 Å². The van der Waals surface area contributed by atoms with E-state index in [4.69, 9.17) is 0 Å². The second kappa shape index (κ2) is 6.13. The lowest BCUT2D eigenvalue weighted by Crippen LogP contribution is -2.30. The second-order valence-electron chi connectivity index (χ2n) is 7.36. The van der Waals surface area contributed by atoms with Crippen molar-refractivity contribution in [3.05, 3.63) is 89.5 Å². The van der Waals surface area contributed by atoms with Gasteiger partial charge in [-0.1, -0.05) is 54.6 Å². The van der Waals surface area contributed by atoms with Crippen LogP contribution in [0.3, 0.4) is 0 Å². The van der Waals surface area contributed by atoms with Gasteiger partial charge >= 0.3 is 0 Å². The van der Waals surface area contributed by atoms with Crippen LogP contribution < -0.4 is 5.32 Å². The van der Waals surface area contributed by atoms with Crippen LogP contribution >= 0.6 is 0 Å². The van der Waals surface area contributed by atoms with Crippen molar-refractivity contribution in [2.75, 3.05) is 0 Å². The molecular weight excluding hydrogens is 322 g/mol. The normalized spacial score (nSPS) is 22.5. The molecule has 2 aliphatic rings. The first-order valence-corrected chi connectivity index (χ1v) is 9.20. The van der Waals surface area contributed by atoms with E-state index in [2.05, 4.69) is 51.3 Å². The topological polar surface area (TPSA) is 46.9 Å². The number of imidazole rings is 1. The summed E-state index contributed by atoms with van der Waals surface area (Å²) < 4.78 is 2.05. The molecule has 3 aromatic rings. The maximum atomic E-state index is 12.6. The van der Waals surface area contributed by atoms with Gasteiger partial charge in [-0.2, -0.15) is 0 Å². The number of hydrogen-bond acceptors (Lipinski definition) is 2. The van der Waals surface area contributed by atoms with Crippen molar-refractivity contribution in [3.63, 3.8) is 0 Å². The molecule has 4 nitrogen and oxygen atoms in total. The van der Waals surface area contributed by atoms with E-state index in [0.717, 1.165) is 18.7 Å². The highest BCUT2D eigenvalue weighted by atomic mass is 16.1. The van der Waals surface area contributed by atoms with Gasteiger partial charge in [0.15, 0.2) is 0 Å².